The summed E-state index contributed by atoms with van der Waals surface area (Å²) in [5.41, 5.74) is 3.99. The van der Waals surface area contributed by atoms with E-state index in [1.807, 2.05) is 25.1 Å². The molecule has 0 saturated carbocycles. The van der Waals surface area contributed by atoms with Crippen LogP contribution in [0.1, 0.15) is 15.9 Å². The van der Waals surface area contributed by atoms with Gasteiger partial charge in [-0.3, -0.25) is 4.79 Å². The van der Waals surface area contributed by atoms with Gasteiger partial charge < -0.3 is 9.73 Å². The standard InChI is InChI=1S/C21H15FN2O2/c1-13-6-11-18-19(12-13)26-21(24-18)14-7-9-15(10-8-14)23-20(25)16-4-2-3-5-17(16)22/h2-12H,1H3,(H,23,25). The molecule has 5 heteroatoms. The molecule has 0 unspecified atom stereocenters. The van der Waals surface area contributed by atoms with Crippen molar-refractivity contribution in [1.29, 1.82) is 0 Å². The monoisotopic (exact) mass is 346 g/mol. The molecular formula is C21H15FN2O2. The van der Waals surface area contributed by atoms with Crippen molar-refractivity contribution in [2.45, 2.75) is 6.92 Å². The molecule has 0 saturated heterocycles. The van der Waals surface area contributed by atoms with E-state index < -0.39 is 11.7 Å². The second kappa shape index (κ2) is 6.44. The number of aryl methyl sites for hydroxylation is 1. The minimum Gasteiger partial charge on any atom is -0.436 e. The zero-order valence-electron chi connectivity index (χ0n) is 14.0. The van der Waals surface area contributed by atoms with E-state index in [-0.39, 0.29) is 5.56 Å². The quantitative estimate of drug-likeness (QED) is 0.555. The van der Waals surface area contributed by atoms with Crippen LogP contribution in [0.15, 0.2) is 71.1 Å². The first kappa shape index (κ1) is 16.0. The molecule has 128 valence electrons. The summed E-state index contributed by atoms with van der Waals surface area (Å²) in [4.78, 5) is 16.6. The number of aromatic nitrogens is 1. The topological polar surface area (TPSA) is 55.1 Å². The molecule has 0 atom stereocenters. The Bertz CT molecular complexity index is 1100. The largest absolute Gasteiger partial charge is 0.436 e. The lowest BCUT2D eigenvalue weighted by molar-refractivity contribution is 0.102. The van der Waals surface area contributed by atoms with E-state index in [0.29, 0.717) is 11.6 Å². The highest BCUT2D eigenvalue weighted by Crippen LogP contribution is 2.26. The first-order valence-electron chi connectivity index (χ1n) is 8.14. The molecule has 1 N–H and O–H groups in total. The molecule has 0 radical (unpaired) electrons. The Morgan fingerprint density at radius 3 is 2.58 bits per heavy atom. The summed E-state index contributed by atoms with van der Waals surface area (Å²) in [6, 6.07) is 18.8. The summed E-state index contributed by atoms with van der Waals surface area (Å²) in [5.74, 6) is -0.533. The number of hydrogen-bond acceptors (Lipinski definition) is 3. The van der Waals surface area contributed by atoms with Gasteiger partial charge in [-0.1, -0.05) is 18.2 Å². The Balaban J connectivity index is 1.56. The Kier molecular flexibility index (Phi) is 3.97. The van der Waals surface area contributed by atoms with Crippen LogP contribution in [0.3, 0.4) is 0 Å². The zero-order chi connectivity index (χ0) is 18.1. The number of amides is 1. The van der Waals surface area contributed by atoms with Crippen molar-refractivity contribution in [3.05, 3.63) is 83.7 Å². The summed E-state index contributed by atoms with van der Waals surface area (Å²) in [6.45, 7) is 1.99. The lowest BCUT2D eigenvalue weighted by Gasteiger charge is -2.06. The predicted octanol–water partition coefficient (Wildman–Crippen LogP) is 5.19. The molecule has 4 rings (SSSR count). The Hall–Kier alpha value is -3.47. The third-order valence-corrected chi connectivity index (χ3v) is 4.05. The smallest absolute Gasteiger partial charge is 0.258 e. The van der Waals surface area contributed by atoms with E-state index in [1.54, 1.807) is 36.4 Å². The van der Waals surface area contributed by atoms with E-state index >= 15 is 0 Å². The summed E-state index contributed by atoms with van der Waals surface area (Å²) in [6.07, 6.45) is 0. The molecule has 1 amide bonds. The lowest BCUT2D eigenvalue weighted by Crippen LogP contribution is -2.13. The molecule has 4 nitrogen and oxygen atoms in total. The van der Waals surface area contributed by atoms with Crippen molar-refractivity contribution in [2.24, 2.45) is 0 Å². The number of oxazole rings is 1. The molecule has 3 aromatic carbocycles. The van der Waals surface area contributed by atoms with Gasteiger partial charge in [0, 0.05) is 11.3 Å². The summed E-state index contributed by atoms with van der Waals surface area (Å²) in [5, 5.41) is 2.68. The van der Waals surface area contributed by atoms with Crippen LogP contribution < -0.4 is 5.32 Å². The Morgan fingerprint density at radius 2 is 1.81 bits per heavy atom. The third-order valence-electron chi connectivity index (χ3n) is 4.05. The maximum atomic E-state index is 13.7. The second-order valence-corrected chi connectivity index (χ2v) is 6.00. The van der Waals surface area contributed by atoms with Gasteiger partial charge in [-0.2, -0.15) is 0 Å². The molecule has 26 heavy (non-hydrogen) atoms. The fourth-order valence-electron chi connectivity index (χ4n) is 2.70. The summed E-state index contributed by atoms with van der Waals surface area (Å²) in [7, 11) is 0. The van der Waals surface area contributed by atoms with Gasteiger partial charge in [0.15, 0.2) is 5.58 Å². The van der Waals surface area contributed by atoms with Crippen LogP contribution in [0.25, 0.3) is 22.6 Å². The average molecular weight is 346 g/mol. The van der Waals surface area contributed by atoms with E-state index in [4.69, 9.17) is 4.42 Å². The molecule has 1 heterocycles. The number of nitrogens with zero attached hydrogens (tertiary/aromatic N) is 1. The number of halogens is 1. The molecule has 0 aliphatic rings. The maximum Gasteiger partial charge on any atom is 0.258 e. The van der Waals surface area contributed by atoms with E-state index in [1.165, 1.54) is 12.1 Å². The second-order valence-electron chi connectivity index (χ2n) is 6.00. The molecule has 0 fully saturated rings. The van der Waals surface area contributed by atoms with Crippen molar-refractivity contribution in [1.82, 2.24) is 4.98 Å². The van der Waals surface area contributed by atoms with Gasteiger partial charge in [0.25, 0.3) is 5.91 Å². The fourth-order valence-corrected chi connectivity index (χ4v) is 2.70. The number of hydrogen-bond donors (Lipinski definition) is 1. The van der Waals surface area contributed by atoms with E-state index in [0.717, 1.165) is 22.2 Å². The van der Waals surface area contributed by atoms with Gasteiger partial charge in [-0.25, -0.2) is 9.37 Å². The SMILES string of the molecule is Cc1ccc2nc(-c3ccc(NC(=O)c4ccccc4F)cc3)oc2c1. The fraction of sp³-hybridized carbons (Fsp3) is 0.0476. The number of nitrogens with one attached hydrogen (secondary N) is 1. The van der Waals surface area contributed by atoms with Crippen LogP contribution in [0.2, 0.25) is 0 Å². The van der Waals surface area contributed by atoms with Gasteiger partial charge in [-0.05, 0) is 61.0 Å². The van der Waals surface area contributed by atoms with Gasteiger partial charge in [-0.15, -0.1) is 0 Å². The highest BCUT2D eigenvalue weighted by molar-refractivity contribution is 6.04. The summed E-state index contributed by atoms with van der Waals surface area (Å²) < 4.78 is 19.5. The minimum absolute atomic E-state index is 0.00546. The highest BCUT2D eigenvalue weighted by atomic mass is 19.1. The van der Waals surface area contributed by atoms with Gasteiger partial charge in [0.1, 0.15) is 11.3 Å². The van der Waals surface area contributed by atoms with Crippen molar-refractivity contribution < 1.29 is 13.6 Å². The Morgan fingerprint density at radius 1 is 1.04 bits per heavy atom. The first-order valence-corrected chi connectivity index (χ1v) is 8.14. The van der Waals surface area contributed by atoms with Crippen LogP contribution >= 0.6 is 0 Å². The van der Waals surface area contributed by atoms with Crippen LogP contribution in [-0.4, -0.2) is 10.9 Å². The predicted molar refractivity (Wildman–Crippen MR) is 98.5 cm³/mol. The van der Waals surface area contributed by atoms with Gasteiger partial charge in [0.05, 0.1) is 5.56 Å². The van der Waals surface area contributed by atoms with Crippen molar-refractivity contribution in [3.63, 3.8) is 0 Å². The van der Waals surface area contributed by atoms with Crippen molar-refractivity contribution >= 4 is 22.7 Å². The number of carbonyl (C=O) groups excluding carboxylic acids is 1. The molecule has 0 aliphatic carbocycles. The van der Waals surface area contributed by atoms with Gasteiger partial charge in [0.2, 0.25) is 5.89 Å². The molecule has 0 bridgehead atoms. The first-order chi connectivity index (χ1) is 12.6. The molecular weight excluding hydrogens is 331 g/mol. The molecule has 1 aromatic heterocycles. The van der Waals surface area contributed by atoms with Crippen LogP contribution in [0, 0.1) is 12.7 Å². The molecule has 0 spiro atoms. The maximum absolute atomic E-state index is 13.7. The number of benzene rings is 3. The van der Waals surface area contributed by atoms with Crippen LogP contribution in [0.4, 0.5) is 10.1 Å². The number of rotatable bonds is 3. The number of fused-ring (bicyclic) bond motifs is 1. The zero-order valence-corrected chi connectivity index (χ0v) is 14.0. The molecule has 4 aromatic rings. The molecule has 0 aliphatic heterocycles. The van der Waals surface area contributed by atoms with Crippen LogP contribution in [-0.2, 0) is 0 Å². The van der Waals surface area contributed by atoms with Crippen molar-refractivity contribution in [2.75, 3.05) is 5.32 Å². The minimum atomic E-state index is -0.552. The van der Waals surface area contributed by atoms with Crippen LogP contribution in [0.5, 0.6) is 0 Å². The summed E-state index contributed by atoms with van der Waals surface area (Å²) >= 11 is 0. The average Bonchev–Trinajstić information content (AvgIpc) is 3.05. The van der Waals surface area contributed by atoms with E-state index in [2.05, 4.69) is 10.3 Å². The Labute approximate surface area is 149 Å². The van der Waals surface area contributed by atoms with Crippen molar-refractivity contribution in [3.8, 4) is 11.5 Å². The lowest BCUT2D eigenvalue weighted by atomic mass is 10.1. The highest BCUT2D eigenvalue weighted by Gasteiger charge is 2.12. The van der Waals surface area contributed by atoms with Gasteiger partial charge >= 0.3 is 0 Å². The van der Waals surface area contributed by atoms with E-state index in [9.17, 15) is 9.18 Å². The third kappa shape index (κ3) is 3.07. The number of carbonyl (C=O) groups is 1. The normalized spacial score (nSPS) is 10.8. The number of anilines is 1.